The molecule has 72 valence electrons. The van der Waals surface area contributed by atoms with Gasteiger partial charge in [0.2, 0.25) is 0 Å². The predicted molar refractivity (Wildman–Crippen MR) is 46.8 cm³/mol. The lowest BCUT2D eigenvalue weighted by Crippen LogP contribution is -1.96. The van der Waals surface area contributed by atoms with Gasteiger partial charge in [-0.25, -0.2) is 0 Å². The Labute approximate surface area is 77.0 Å². The minimum Gasteiger partial charge on any atom is -0.373 e. The smallest absolute Gasteiger partial charge is 0.162 e. The highest BCUT2D eigenvalue weighted by atomic mass is 16.5. The largest absolute Gasteiger partial charge is 0.373 e. The van der Waals surface area contributed by atoms with Crippen molar-refractivity contribution in [2.45, 2.75) is 26.0 Å². The van der Waals surface area contributed by atoms with E-state index in [-0.39, 0.29) is 0 Å². The van der Waals surface area contributed by atoms with Crippen molar-refractivity contribution in [2.24, 2.45) is 11.7 Å². The van der Waals surface area contributed by atoms with Gasteiger partial charge in [0.1, 0.15) is 6.61 Å². The van der Waals surface area contributed by atoms with Gasteiger partial charge in [0, 0.05) is 19.2 Å². The molecule has 1 aromatic heterocycles. The summed E-state index contributed by atoms with van der Waals surface area (Å²) in [6.45, 7) is 1.79. The van der Waals surface area contributed by atoms with Gasteiger partial charge in [-0.15, -0.1) is 0 Å². The molecule has 2 N–H and O–H groups in total. The first-order valence-corrected chi connectivity index (χ1v) is 4.61. The zero-order valence-electron chi connectivity index (χ0n) is 7.53. The van der Waals surface area contributed by atoms with Gasteiger partial charge < -0.3 is 15.0 Å². The van der Waals surface area contributed by atoms with E-state index in [2.05, 4.69) is 5.16 Å². The Kier molecular flexibility index (Phi) is 2.61. The van der Waals surface area contributed by atoms with Crippen LogP contribution in [0, 0.1) is 5.92 Å². The lowest BCUT2D eigenvalue weighted by atomic mass is 10.4. The van der Waals surface area contributed by atoms with E-state index >= 15 is 0 Å². The zero-order chi connectivity index (χ0) is 9.10. The number of rotatable bonds is 5. The molecule has 0 unspecified atom stereocenters. The number of aromatic nitrogens is 1. The lowest BCUT2D eigenvalue weighted by molar-refractivity contribution is 0.0926. The quantitative estimate of drug-likeness (QED) is 0.739. The van der Waals surface area contributed by atoms with E-state index in [0.29, 0.717) is 13.2 Å². The van der Waals surface area contributed by atoms with Crippen LogP contribution in [0.3, 0.4) is 0 Å². The van der Waals surface area contributed by atoms with Crippen LogP contribution in [0.5, 0.6) is 0 Å². The molecular formula is C9H14N2O2. The molecule has 1 aromatic rings. The topological polar surface area (TPSA) is 61.3 Å². The minimum atomic E-state index is 0.423. The molecule has 13 heavy (non-hydrogen) atoms. The molecule has 0 radical (unpaired) electrons. The standard InChI is InChI=1S/C9H14N2O2/c10-4-8-3-9(13-11-8)6-12-5-7-1-2-7/h3,7H,1-2,4-6,10H2. The first kappa shape index (κ1) is 8.72. The molecule has 0 bridgehead atoms. The normalized spacial score (nSPS) is 16.4. The van der Waals surface area contributed by atoms with Crippen molar-refractivity contribution >= 4 is 0 Å². The molecule has 0 saturated heterocycles. The molecule has 0 amide bonds. The maximum atomic E-state index is 5.43. The van der Waals surface area contributed by atoms with Crippen LogP contribution in [0.15, 0.2) is 10.6 Å². The second-order valence-corrected chi connectivity index (χ2v) is 3.45. The monoisotopic (exact) mass is 182 g/mol. The van der Waals surface area contributed by atoms with Gasteiger partial charge in [-0.05, 0) is 18.8 Å². The van der Waals surface area contributed by atoms with Gasteiger partial charge in [-0.1, -0.05) is 5.16 Å². The van der Waals surface area contributed by atoms with E-state index in [1.54, 1.807) is 0 Å². The minimum absolute atomic E-state index is 0.423. The summed E-state index contributed by atoms with van der Waals surface area (Å²) >= 11 is 0. The first-order chi connectivity index (χ1) is 6.38. The van der Waals surface area contributed by atoms with Crippen molar-refractivity contribution < 1.29 is 9.26 Å². The summed E-state index contributed by atoms with van der Waals surface area (Å²) in [5.41, 5.74) is 6.17. The van der Waals surface area contributed by atoms with Crippen LogP contribution in [-0.4, -0.2) is 11.8 Å². The molecule has 2 rings (SSSR count). The SMILES string of the molecule is NCc1cc(COCC2CC2)on1. The van der Waals surface area contributed by atoms with Gasteiger partial charge >= 0.3 is 0 Å². The number of hydrogen-bond acceptors (Lipinski definition) is 4. The van der Waals surface area contributed by atoms with Gasteiger partial charge in [0.25, 0.3) is 0 Å². The van der Waals surface area contributed by atoms with E-state index in [1.807, 2.05) is 6.07 Å². The maximum Gasteiger partial charge on any atom is 0.162 e. The average molecular weight is 182 g/mol. The van der Waals surface area contributed by atoms with Crippen molar-refractivity contribution in [3.63, 3.8) is 0 Å². The van der Waals surface area contributed by atoms with Crippen LogP contribution in [0.4, 0.5) is 0 Å². The molecule has 0 aromatic carbocycles. The first-order valence-electron chi connectivity index (χ1n) is 4.61. The molecule has 4 nitrogen and oxygen atoms in total. The summed E-state index contributed by atoms with van der Waals surface area (Å²) in [6.07, 6.45) is 2.62. The highest BCUT2D eigenvalue weighted by Gasteiger charge is 2.21. The molecular weight excluding hydrogens is 168 g/mol. The van der Waals surface area contributed by atoms with Crippen LogP contribution in [0.1, 0.15) is 24.3 Å². The van der Waals surface area contributed by atoms with Crippen LogP contribution in [0.25, 0.3) is 0 Å². The van der Waals surface area contributed by atoms with E-state index in [4.69, 9.17) is 15.0 Å². The Morgan fingerprint density at radius 3 is 3.08 bits per heavy atom. The fourth-order valence-corrected chi connectivity index (χ4v) is 1.13. The van der Waals surface area contributed by atoms with Crippen LogP contribution in [-0.2, 0) is 17.9 Å². The molecule has 1 aliphatic carbocycles. The van der Waals surface area contributed by atoms with E-state index in [1.165, 1.54) is 12.8 Å². The van der Waals surface area contributed by atoms with Crippen LogP contribution >= 0.6 is 0 Å². The number of hydrogen-bond donors (Lipinski definition) is 1. The Balaban J connectivity index is 1.72. The van der Waals surface area contributed by atoms with Crippen molar-refractivity contribution in [1.82, 2.24) is 5.16 Å². The Morgan fingerprint density at radius 1 is 1.62 bits per heavy atom. The fourth-order valence-electron chi connectivity index (χ4n) is 1.13. The zero-order valence-corrected chi connectivity index (χ0v) is 7.53. The second-order valence-electron chi connectivity index (χ2n) is 3.45. The van der Waals surface area contributed by atoms with Gasteiger partial charge in [-0.3, -0.25) is 0 Å². The Bertz CT molecular complexity index is 268. The number of ether oxygens (including phenoxy) is 1. The highest BCUT2D eigenvalue weighted by molar-refractivity contribution is 5.03. The maximum absolute atomic E-state index is 5.43. The molecule has 4 heteroatoms. The van der Waals surface area contributed by atoms with E-state index in [0.717, 1.165) is 24.0 Å². The summed E-state index contributed by atoms with van der Waals surface area (Å²) in [5, 5.41) is 3.77. The molecule has 1 saturated carbocycles. The predicted octanol–water partition coefficient (Wildman–Crippen LogP) is 1.06. The summed E-state index contributed by atoms with van der Waals surface area (Å²) in [5.74, 6) is 1.55. The van der Waals surface area contributed by atoms with E-state index in [9.17, 15) is 0 Å². The number of nitrogens with zero attached hydrogens (tertiary/aromatic N) is 1. The summed E-state index contributed by atoms with van der Waals surface area (Å²) in [7, 11) is 0. The third-order valence-corrected chi connectivity index (χ3v) is 2.11. The van der Waals surface area contributed by atoms with Crippen LogP contribution < -0.4 is 5.73 Å². The van der Waals surface area contributed by atoms with Crippen molar-refractivity contribution in [2.75, 3.05) is 6.61 Å². The number of nitrogens with two attached hydrogens (primary N) is 1. The second kappa shape index (κ2) is 3.89. The molecule has 1 heterocycles. The Morgan fingerprint density at radius 2 is 2.46 bits per heavy atom. The molecule has 1 aliphatic rings. The summed E-state index contributed by atoms with van der Waals surface area (Å²) < 4.78 is 10.4. The molecule has 0 aliphatic heterocycles. The van der Waals surface area contributed by atoms with Gasteiger partial charge in [0.05, 0.1) is 5.69 Å². The van der Waals surface area contributed by atoms with Gasteiger partial charge in [0.15, 0.2) is 5.76 Å². The summed E-state index contributed by atoms with van der Waals surface area (Å²) in [4.78, 5) is 0. The van der Waals surface area contributed by atoms with E-state index < -0.39 is 0 Å². The van der Waals surface area contributed by atoms with Gasteiger partial charge in [-0.2, -0.15) is 0 Å². The Hall–Kier alpha value is -0.870. The average Bonchev–Trinajstić information content (AvgIpc) is 2.84. The van der Waals surface area contributed by atoms with Crippen molar-refractivity contribution in [1.29, 1.82) is 0 Å². The molecule has 0 atom stereocenters. The third kappa shape index (κ3) is 2.54. The lowest BCUT2D eigenvalue weighted by Gasteiger charge is -1.97. The molecule has 0 spiro atoms. The van der Waals surface area contributed by atoms with Crippen molar-refractivity contribution in [3.8, 4) is 0 Å². The third-order valence-electron chi connectivity index (χ3n) is 2.11. The van der Waals surface area contributed by atoms with Crippen molar-refractivity contribution in [3.05, 3.63) is 17.5 Å². The summed E-state index contributed by atoms with van der Waals surface area (Å²) in [6, 6.07) is 1.84. The van der Waals surface area contributed by atoms with Crippen LogP contribution in [0.2, 0.25) is 0 Å². The molecule has 1 fully saturated rings. The highest BCUT2D eigenvalue weighted by Crippen LogP contribution is 2.29. The fraction of sp³-hybridized carbons (Fsp3) is 0.667.